The van der Waals surface area contributed by atoms with Crippen molar-refractivity contribution in [2.24, 2.45) is 10.2 Å². The van der Waals surface area contributed by atoms with Gasteiger partial charge in [-0.05, 0) is 65.5 Å². The highest BCUT2D eigenvalue weighted by atomic mass is 16.2. The number of unbranched alkanes of at least 4 members (excludes halogenated alkanes) is 3. The molecule has 2 N–H and O–H groups in total. The smallest absolute Gasteiger partial charge is 0.240 e. The third-order valence-corrected chi connectivity index (χ3v) is 5.80. The summed E-state index contributed by atoms with van der Waals surface area (Å²) in [6.45, 7) is 12.0. The molecular weight excluding hydrogens is 424 g/mol. The molecule has 2 aromatic rings. The molecule has 6 heteroatoms. The van der Waals surface area contributed by atoms with Gasteiger partial charge in [-0.15, -0.1) is 0 Å². The SMILES string of the molecule is C/C(=N\NC(=O)CCCCCCC(=O)N/N=C(\C)c1ccc(C)cc1C)c1ccc(C)cc1C. The Bertz CT molecular complexity index is 985. The zero-order chi connectivity index (χ0) is 25.1. The Balaban J connectivity index is 1.62. The topological polar surface area (TPSA) is 82.9 Å². The van der Waals surface area contributed by atoms with Crippen LogP contribution in [0, 0.1) is 27.7 Å². The highest BCUT2D eigenvalue weighted by Gasteiger charge is 2.06. The zero-order valence-corrected chi connectivity index (χ0v) is 21.4. The van der Waals surface area contributed by atoms with Crippen molar-refractivity contribution in [3.63, 3.8) is 0 Å². The van der Waals surface area contributed by atoms with Gasteiger partial charge >= 0.3 is 0 Å². The van der Waals surface area contributed by atoms with Gasteiger partial charge in [0.05, 0.1) is 11.4 Å². The van der Waals surface area contributed by atoms with Crippen molar-refractivity contribution in [3.8, 4) is 0 Å². The standard InChI is InChI=1S/C28H38N4O2/c1-19-13-15-25(21(3)17-19)23(5)29-31-27(33)11-9-7-8-10-12-28(34)32-30-24(6)26-16-14-20(2)18-22(26)4/h13-18H,7-12H2,1-6H3,(H,31,33)(H,32,34)/b29-23+,30-24+. The summed E-state index contributed by atoms with van der Waals surface area (Å²) in [6.07, 6.45) is 4.19. The van der Waals surface area contributed by atoms with E-state index in [9.17, 15) is 9.59 Å². The van der Waals surface area contributed by atoms with E-state index in [0.717, 1.165) is 59.4 Å². The first-order valence-electron chi connectivity index (χ1n) is 12.0. The number of carbonyl (C=O) groups is 2. The Morgan fingerprint density at radius 2 is 1.03 bits per heavy atom. The molecule has 6 nitrogen and oxygen atoms in total. The van der Waals surface area contributed by atoms with Gasteiger partial charge in [0.2, 0.25) is 11.8 Å². The number of aryl methyl sites for hydroxylation is 4. The van der Waals surface area contributed by atoms with Crippen LogP contribution in [0.2, 0.25) is 0 Å². The van der Waals surface area contributed by atoms with E-state index in [1.807, 2.05) is 52.0 Å². The summed E-state index contributed by atoms with van der Waals surface area (Å²) in [4.78, 5) is 24.1. The van der Waals surface area contributed by atoms with Gasteiger partial charge in [0.1, 0.15) is 0 Å². The minimum atomic E-state index is -0.0851. The molecule has 0 spiro atoms. The quantitative estimate of drug-likeness (QED) is 0.257. The maximum absolute atomic E-state index is 12.1. The van der Waals surface area contributed by atoms with Crippen LogP contribution in [-0.2, 0) is 9.59 Å². The second kappa shape index (κ2) is 13.4. The average molecular weight is 463 g/mol. The van der Waals surface area contributed by atoms with E-state index in [0.29, 0.717) is 12.8 Å². The zero-order valence-electron chi connectivity index (χ0n) is 21.4. The molecule has 0 atom stereocenters. The van der Waals surface area contributed by atoms with E-state index >= 15 is 0 Å². The van der Waals surface area contributed by atoms with E-state index in [1.165, 1.54) is 11.1 Å². The van der Waals surface area contributed by atoms with Crippen molar-refractivity contribution in [2.75, 3.05) is 0 Å². The van der Waals surface area contributed by atoms with Crippen LogP contribution in [0.4, 0.5) is 0 Å². The van der Waals surface area contributed by atoms with Crippen LogP contribution in [0.5, 0.6) is 0 Å². The summed E-state index contributed by atoms with van der Waals surface area (Å²) < 4.78 is 0. The molecule has 0 fully saturated rings. The van der Waals surface area contributed by atoms with Gasteiger partial charge < -0.3 is 0 Å². The third kappa shape index (κ3) is 8.93. The third-order valence-electron chi connectivity index (χ3n) is 5.80. The maximum Gasteiger partial charge on any atom is 0.240 e. The number of rotatable bonds is 11. The first-order chi connectivity index (χ1) is 16.2. The molecule has 182 valence electrons. The molecule has 2 rings (SSSR count). The van der Waals surface area contributed by atoms with Gasteiger partial charge in [0, 0.05) is 24.0 Å². The van der Waals surface area contributed by atoms with E-state index in [-0.39, 0.29) is 11.8 Å². The molecule has 0 saturated carbocycles. The maximum atomic E-state index is 12.1. The van der Waals surface area contributed by atoms with Gasteiger partial charge in [0.25, 0.3) is 0 Å². The van der Waals surface area contributed by atoms with Crippen LogP contribution < -0.4 is 10.9 Å². The summed E-state index contributed by atoms with van der Waals surface area (Å²) in [7, 11) is 0. The minimum Gasteiger partial charge on any atom is -0.273 e. The fourth-order valence-corrected chi connectivity index (χ4v) is 3.89. The molecule has 0 aliphatic carbocycles. The molecule has 34 heavy (non-hydrogen) atoms. The van der Waals surface area contributed by atoms with Crippen LogP contribution in [0.1, 0.15) is 85.8 Å². The molecule has 2 aromatic carbocycles. The van der Waals surface area contributed by atoms with Gasteiger partial charge in [0.15, 0.2) is 0 Å². The number of hydrogen-bond acceptors (Lipinski definition) is 4. The summed E-state index contributed by atoms with van der Waals surface area (Å²) in [6, 6.07) is 12.4. The molecular formula is C28H38N4O2. The Labute approximate surface area is 203 Å². The van der Waals surface area contributed by atoms with E-state index in [2.05, 4.69) is 47.0 Å². The number of nitrogens with zero attached hydrogens (tertiary/aromatic N) is 2. The van der Waals surface area contributed by atoms with Gasteiger partial charge in [-0.25, -0.2) is 10.9 Å². The van der Waals surface area contributed by atoms with Crippen LogP contribution in [0.15, 0.2) is 46.6 Å². The molecule has 0 bridgehead atoms. The molecule has 2 amide bonds. The fraction of sp³-hybridized carbons (Fsp3) is 0.429. The van der Waals surface area contributed by atoms with Crippen LogP contribution >= 0.6 is 0 Å². The molecule has 0 unspecified atom stereocenters. The molecule has 0 aliphatic heterocycles. The second-order valence-electron chi connectivity index (χ2n) is 9.02. The predicted molar refractivity (Wildman–Crippen MR) is 140 cm³/mol. The number of hydrogen-bond donors (Lipinski definition) is 2. The highest BCUT2D eigenvalue weighted by molar-refractivity contribution is 6.01. The first-order valence-corrected chi connectivity index (χ1v) is 12.0. The monoisotopic (exact) mass is 462 g/mol. The lowest BCUT2D eigenvalue weighted by Crippen LogP contribution is -2.19. The summed E-state index contributed by atoms with van der Waals surface area (Å²) >= 11 is 0. The summed E-state index contributed by atoms with van der Waals surface area (Å²) in [5.74, 6) is -0.170. The first kappa shape index (κ1) is 27.0. The predicted octanol–water partition coefficient (Wildman–Crippen LogP) is 5.64. The molecule has 0 aromatic heterocycles. The van der Waals surface area contributed by atoms with E-state index in [4.69, 9.17) is 0 Å². The number of hydrazone groups is 2. The van der Waals surface area contributed by atoms with Crippen molar-refractivity contribution in [1.29, 1.82) is 0 Å². The Morgan fingerprint density at radius 3 is 1.38 bits per heavy atom. The summed E-state index contributed by atoms with van der Waals surface area (Å²) in [5, 5.41) is 8.48. The Morgan fingerprint density at radius 1 is 0.647 bits per heavy atom. The number of carbonyl (C=O) groups excluding carboxylic acids is 2. The fourth-order valence-electron chi connectivity index (χ4n) is 3.89. The average Bonchev–Trinajstić information content (AvgIpc) is 2.78. The lowest BCUT2D eigenvalue weighted by atomic mass is 10.0. The Hall–Kier alpha value is -3.28. The molecule has 0 aliphatic rings. The van der Waals surface area contributed by atoms with E-state index in [1.54, 1.807) is 0 Å². The highest BCUT2D eigenvalue weighted by Crippen LogP contribution is 2.13. The van der Waals surface area contributed by atoms with Crippen LogP contribution in [-0.4, -0.2) is 23.2 Å². The molecule has 0 saturated heterocycles. The van der Waals surface area contributed by atoms with Crippen molar-refractivity contribution in [1.82, 2.24) is 10.9 Å². The van der Waals surface area contributed by atoms with Gasteiger partial charge in [-0.3, -0.25) is 9.59 Å². The second-order valence-corrected chi connectivity index (χ2v) is 9.02. The lowest BCUT2D eigenvalue weighted by Gasteiger charge is -2.07. The largest absolute Gasteiger partial charge is 0.273 e. The molecule has 0 radical (unpaired) electrons. The van der Waals surface area contributed by atoms with Crippen molar-refractivity contribution < 1.29 is 9.59 Å². The number of amides is 2. The van der Waals surface area contributed by atoms with Crippen LogP contribution in [0.3, 0.4) is 0 Å². The lowest BCUT2D eigenvalue weighted by molar-refractivity contribution is -0.122. The normalized spacial score (nSPS) is 11.9. The van der Waals surface area contributed by atoms with E-state index < -0.39 is 0 Å². The van der Waals surface area contributed by atoms with Crippen molar-refractivity contribution >= 4 is 23.2 Å². The summed E-state index contributed by atoms with van der Waals surface area (Å²) in [5.41, 5.74) is 13.7. The van der Waals surface area contributed by atoms with Crippen molar-refractivity contribution in [3.05, 3.63) is 69.8 Å². The number of nitrogens with one attached hydrogen (secondary N) is 2. The van der Waals surface area contributed by atoms with Gasteiger partial charge in [-0.2, -0.15) is 10.2 Å². The van der Waals surface area contributed by atoms with Crippen molar-refractivity contribution in [2.45, 2.75) is 80.1 Å². The number of benzene rings is 2. The Kier molecular flexibility index (Phi) is 10.7. The van der Waals surface area contributed by atoms with Crippen LogP contribution in [0.25, 0.3) is 0 Å². The molecule has 0 heterocycles. The minimum absolute atomic E-state index is 0.0851. The van der Waals surface area contributed by atoms with Gasteiger partial charge in [-0.1, -0.05) is 60.4 Å².